The van der Waals surface area contributed by atoms with E-state index in [-0.39, 0.29) is 24.4 Å². The van der Waals surface area contributed by atoms with Crippen molar-refractivity contribution in [2.24, 2.45) is 11.7 Å². The maximum absolute atomic E-state index is 12.9. The Kier molecular flexibility index (Phi) is 6.25. The van der Waals surface area contributed by atoms with Crippen LogP contribution < -0.4 is 5.73 Å². The first-order valence-electron chi connectivity index (χ1n) is 8.59. The molecule has 0 spiro atoms. The maximum atomic E-state index is 12.9. The molecule has 6 heteroatoms. The van der Waals surface area contributed by atoms with Crippen LogP contribution in [0.2, 0.25) is 0 Å². The minimum atomic E-state index is 0. The molecular weight excluding hydrogens is 336 g/mol. The molecule has 25 heavy (non-hydrogen) atoms. The lowest BCUT2D eigenvalue weighted by Gasteiger charge is -2.22. The van der Waals surface area contributed by atoms with Crippen molar-refractivity contribution in [3.63, 3.8) is 0 Å². The predicted molar refractivity (Wildman–Crippen MR) is 102 cm³/mol. The molecule has 0 aliphatic carbocycles. The van der Waals surface area contributed by atoms with E-state index in [0.717, 1.165) is 35.5 Å². The highest BCUT2D eigenvalue weighted by Crippen LogP contribution is 2.24. The Labute approximate surface area is 155 Å². The van der Waals surface area contributed by atoms with Crippen LogP contribution in [0.15, 0.2) is 30.3 Å². The molecule has 1 aliphatic rings. The fourth-order valence-corrected chi connectivity index (χ4v) is 3.57. The number of nitrogens with two attached hydrogens (primary N) is 1. The van der Waals surface area contributed by atoms with Crippen molar-refractivity contribution in [3.05, 3.63) is 52.8 Å². The van der Waals surface area contributed by atoms with Gasteiger partial charge in [0.05, 0.1) is 12.2 Å². The second-order valence-corrected chi connectivity index (χ2v) is 6.93. The molecule has 5 nitrogen and oxygen atoms in total. The number of aryl methyl sites for hydroxylation is 2. The first-order valence-corrected chi connectivity index (χ1v) is 8.59. The van der Waals surface area contributed by atoms with Crippen molar-refractivity contribution in [1.82, 2.24) is 14.7 Å². The molecule has 1 aliphatic heterocycles. The number of likely N-dealkylation sites (tertiary alicyclic amines) is 1. The second kappa shape index (κ2) is 8.02. The van der Waals surface area contributed by atoms with Gasteiger partial charge in [0.15, 0.2) is 0 Å². The second-order valence-electron chi connectivity index (χ2n) is 6.93. The molecule has 0 bridgehead atoms. The molecule has 0 saturated carbocycles. The van der Waals surface area contributed by atoms with Gasteiger partial charge in [-0.15, -0.1) is 12.4 Å². The highest BCUT2D eigenvalue weighted by molar-refractivity contribution is 5.94. The van der Waals surface area contributed by atoms with Gasteiger partial charge < -0.3 is 10.6 Å². The van der Waals surface area contributed by atoms with Gasteiger partial charge in [-0.05, 0) is 63.4 Å². The largest absolute Gasteiger partial charge is 0.336 e. The van der Waals surface area contributed by atoms with Crippen LogP contribution >= 0.6 is 12.4 Å². The summed E-state index contributed by atoms with van der Waals surface area (Å²) in [7, 11) is 0. The number of amides is 1. The van der Waals surface area contributed by atoms with Gasteiger partial charge in [-0.25, -0.2) is 0 Å². The number of halogens is 1. The van der Waals surface area contributed by atoms with E-state index in [1.165, 1.54) is 0 Å². The van der Waals surface area contributed by atoms with Crippen LogP contribution in [0, 0.1) is 19.8 Å². The lowest BCUT2D eigenvalue weighted by Crippen LogP contribution is -2.34. The smallest absolute Gasteiger partial charge is 0.254 e. The molecule has 0 radical (unpaired) electrons. The molecular formula is C19H27ClN4O. The van der Waals surface area contributed by atoms with Crippen LogP contribution in [-0.4, -0.2) is 39.7 Å². The topological polar surface area (TPSA) is 64.2 Å². The van der Waals surface area contributed by atoms with Gasteiger partial charge in [0, 0.05) is 23.8 Å². The van der Waals surface area contributed by atoms with Crippen LogP contribution in [0.25, 0.3) is 0 Å². The van der Waals surface area contributed by atoms with E-state index in [1.54, 1.807) is 0 Å². The Morgan fingerprint density at radius 3 is 2.68 bits per heavy atom. The van der Waals surface area contributed by atoms with E-state index < -0.39 is 0 Å². The molecule has 2 heterocycles. The molecule has 1 saturated heterocycles. The van der Waals surface area contributed by atoms with Crippen molar-refractivity contribution in [2.45, 2.75) is 39.8 Å². The third kappa shape index (κ3) is 4.22. The van der Waals surface area contributed by atoms with Gasteiger partial charge in [-0.1, -0.05) is 12.1 Å². The lowest BCUT2D eigenvalue weighted by atomic mass is 10.1. The number of aromatic nitrogens is 2. The minimum absolute atomic E-state index is 0. The zero-order chi connectivity index (χ0) is 17.3. The Morgan fingerprint density at radius 2 is 2.08 bits per heavy atom. The van der Waals surface area contributed by atoms with Gasteiger partial charge in [-0.3, -0.25) is 9.48 Å². The number of nitrogens with zero attached hydrogens (tertiary/aromatic N) is 3. The number of carbonyl (C=O) groups is 1. The molecule has 2 aromatic rings. The quantitative estimate of drug-likeness (QED) is 0.909. The fraction of sp³-hybridized carbons (Fsp3) is 0.474. The molecule has 1 aromatic carbocycles. The number of benzene rings is 1. The Hall–Kier alpha value is -1.85. The summed E-state index contributed by atoms with van der Waals surface area (Å²) in [5.41, 5.74) is 9.76. The molecule has 2 N–H and O–H groups in total. The predicted octanol–water partition coefficient (Wildman–Crippen LogP) is 2.78. The molecule has 1 amide bonds. The highest BCUT2D eigenvalue weighted by Gasteiger charge is 2.32. The van der Waals surface area contributed by atoms with Crippen molar-refractivity contribution < 1.29 is 4.79 Å². The number of carbonyl (C=O) groups excluding carboxylic acids is 1. The van der Waals surface area contributed by atoms with Crippen molar-refractivity contribution in [1.29, 1.82) is 0 Å². The maximum Gasteiger partial charge on any atom is 0.254 e. The van der Waals surface area contributed by atoms with Gasteiger partial charge in [0.2, 0.25) is 0 Å². The summed E-state index contributed by atoms with van der Waals surface area (Å²) in [6.45, 7) is 8.24. The lowest BCUT2D eigenvalue weighted by molar-refractivity contribution is 0.0743. The summed E-state index contributed by atoms with van der Waals surface area (Å²) in [6, 6.07) is 10.2. The van der Waals surface area contributed by atoms with Crippen LogP contribution in [0.4, 0.5) is 0 Å². The number of hydrogen-bond acceptors (Lipinski definition) is 3. The number of hydrogen-bond donors (Lipinski definition) is 1. The summed E-state index contributed by atoms with van der Waals surface area (Å²) in [4.78, 5) is 14.8. The highest BCUT2D eigenvalue weighted by atomic mass is 35.5. The Balaban J connectivity index is 0.00000225. The normalized spacial score (nSPS) is 19.8. The van der Waals surface area contributed by atoms with E-state index in [2.05, 4.69) is 18.1 Å². The summed E-state index contributed by atoms with van der Waals surface area (Å²) < 4.78 is 1.97. The first-order chi connectivity index (χ1) is 11.5. The van der Waals surface area contributed by atoms with E-state index >= 15 is 0 Å². The standard InChI is InChI=1S/C19H26N4O.ClH/c1-13-7-15(3)23(21-13)12-16-5-4-6-18(9-16)19(24)22-11-17(10-20)8-14(22)2;/h4-7,9,14,17H,8,10-12,20H2,1-3H3;1H. The van der Waals surface area contributed by atoms with Gasteiger partial charge in [0.25, 0.3) is 5.91 Å². The Bertz CT molecular complexity index is 743. The van der Waals surface area contributed by atoms with Crippen LogP contribution in [0.5, 0.6) is 0 Å². The SMILES string of the molecule is Cc1cc(C)n(Cc2cccc(C(=O)N3CC(CN)CC3C)c2)n1.Cl. The number of rotatable bonds is 4. The average molecular weight is 363 g/mol. The summed E-state index contributed by atoms with van der Waals surface area (Å²) in [5, 5.41) is 4.50. The third-order valence-electron chi connectivity index (χ3n) is 4.87. The van der Waals surface area contributed by atoms with E-state index in [0.29, 0.717) is 19.0 Å². The van der Waals surface area contributed by atoms with E-state index in [1.807, 2.05) is 47.7 Å². The van der Waals surface area contributed by atoms with E-state index in [9.17, 15) is 4.79 Å². The first kappa shape index (κ1) is 19.5. The van der Waals surface area contributed by atoms with Crippen LogP contribution in [0.1, 0.15) is 40.7 Å². The Morgan fingerprint density at radius 1 is 1.32 bits per heavy atom. The van der Waals surface area contributed by atoms with E-state index in [4.69, 9.17) is 5.73 Å². The molecule has 1 fully saturated rings. The van der Waals surface area contributed by atoms with Gasteiger partial charge in [-0.2, -0.15) is 5.10 Å². The summed E-state index contributed by atoms with van der Waals surface area (Å²) >= 11 is 0. The zero-order valence-corrected chi connectivity index (χ0v) is 15.9. The summed E-state index contributed by atoms with van der Waals surface area (Å²) in [5.74, 6) is 0.524. The van der Waals surface area contributed by atoms with Gasteiger partial charge >= 0.3 is 0 Å². The molecule has 2 atom stereocenters. The third-order valence-corrected chi connectivity index (χ3v) is 4.87. The zero-order valence-electron chi connectivity index (χ0n) is 15.1. The van der Waals surface area contributed by atoms with Crippen LogP contribution in [0.3, 0.4) is 0 Å². The van der Waals surface area contributed by atoms with Crippen molar-refractivity contribution in [2.75, 3.05) is 13.1 Å². The monoisotopic (exact) mass is 362 g/mol. The molecule has 2 unspecified atom stereocenters. The van der Waals surface area contributed by atoms with Crippen molar-refractivity contribution in [3.8, 4) is 0 Å². The fourth-order valence-electron chi connectivity index (χ4n) is 3.57. The summed E-state index contributed by atoms with van der Waals surface area (Å²) in [6.07, 6.45) is 0.994. The molecule has 1 aromatic heterocycles. The average Bonchev–Trinajstić information content (AvgIpc) is 3.09. The van der Waals surface area contributed by atoms with Gasteiger partial charge in [0.1, 0.15) is 0 Å². The minimum Gasteiger partial charge on any atom is -0.336 e. The van der Waals surface area contributed by atoms with Crippen LogP contribution in [-0.2, 0) is 6.54 Å². The molecule has 3 rings (SSSR count). The molecule has 136 valence electrons. The van der Waals surface area contributed by atoms with Crippen molar-refractivity contribution >= 4 is 18.3 Å².